The molecule has 3 heterocycles. The molecular formula is C25H23N5O2. The summed E-state index contributed by atoms with van der Waals surface area (Å²) in [6, 6.07) is 13.9. The van der Waals surface area contributed by atoms with Crippen molar-refractivity contribution >= 4 is 11.6 Å². The molecule has 2 N–H and O–H groups in total. The zero-order valence-electron chi connectivity index (χ0n) is 18.2. The van der Waals surface area contributed by atoms with Crippen molar-refractivity contribution in [1.82, 2.24) is 14.9 Å². The SMILES string of the molecule is Cc1ccc(C2=NC(CC(N)=O)c3onc(C)c3-c3ccc(-c4cnn(C)c4)cc32)cc1. The second-order valence-electron chi connectivity index (χ2n) is 8.20. The molecule has 0 radical (unpaired) electrons. The molecular weight excluding hydrogens is 402 g/mol. The number of aryl methyl sites for hydroxylation is 3. The van der Waals surface area contributed by atoms with E-state index in [1.807, 2.05) is 45.4 Å². The Morgan fingerprint density at radius 2 is 1.81 bits per heavy atom. The van der Waals surface area contributed by atoms with E-state index in [0.29, 0.717) is 5.76 Å². The molecule has 1 unspecified atom stereocenters. The number of hydrogen-bond donors (Lipinski definition) is 1. The highest BCUT2D eigenvalue weighted by Gasteiger charge is 2.31. The lowest BCUT2D eigenvalue weighted by Crippen LogP contribution is -2.15. The van der Waals surface area contributed by atoms with Crippen LogP contribution in [0.5, 0.6) is 0 Å². The Kier molecular flexibility index (Phi) is 4.74. The molecule has 5 rings (SSSR count). The molecule has 2 aromatic heterocycles. The second-order valence-corrected chi connectivity index (χ2v) is 8.20. The Morgan fingerprint density at radius 1 is 1.06 bits per heavy atom. The van der Waals surface area contributed by atoms with Gasteiger partial charge in [-0.05, 0) is 31.0 Å². The lowest BCUT2D eigenvalue weighted by atomic mass is 9.90. The van der Waals surface area contributed by atoms with Gasteiger partial charge in [0.1, 0.15) is 6.04 Å². The van der Waals surface area contributed by atoms with Crippen molar-refractivity contribution < 1.29 is 9.32 Å². The Bertz CT molecular complexity index is 1360. The fourth-order valence-corrected chi connectivity index (χ4v) is 4.20. The highest BCUT2D eigenvalue weighted by atomic mass is 16.5. The minimum absolute atomic E-state index is 0.0421. The van der Waals surface area contributed by atoms with E-state index in [0.717, 1.165) is 50.3 Å². The zero-order chi connectivity index (χ0) is 22.4. The Hall–Kier alpha value is -4.00. The third-order valence-corrected chi connectivity index (χ3v) is 5.78. The molecule has 7 heteroatoms. The average Bonchev–Trinajstić information content (AvgIpc) is 3.33. The average molecular weight is 425 g/mol. The van der Waals surface area contributed by atoms with Gasteiger partial charge in [0.05, 0.1) is 29.6 Å². The number of fused-ring (bicyclic) bond motifs is 3. The van der Waals surface area contributed by atoms with E-state index in [2.05, 4.69) is 40.6 Å². The molecule has 7 nitrogen and oxygen atoms in total. The predicted octanol–water partition coefficient (Wildman–Crippen LogP) is 4.13. The number of carbonyl (C=O) groups is 1. The Morgan fingerprint density at radius 3 is 2.50 bits per heavy atom. The summed E-state index contributed by atoms with van der Waals surface area (Å²) in [5.74, 6) is 0.128. The quantitative estimate of drug-likeness (QED) is 0.531. The molecule has 1 amide bonds. The fourth-order valence-electron chi connectivity index (χ4n) is 4.20. The summed E-state index contributed by atoms with van der Waals surface area (Å²) in [6.45, 7) is 3.95. The van der Waals surface area contributed by atoms with Crippen LogP contribution in [0.4, 0.5) is 0 Å². The van der Waals surface area contributed by atoms with Crippen LogP contribution in [0, 0.1) is 13.8 Å². The van der Waals surface area contributed by atoms with Crippen molar-refractivity contribution in [3.8, 4) is 22.3 Å². The number of hydrogen-bond acceptors (Lipinski definition) is 5. The summed E-state index contributed by atoms with van der Waals surface area (Å²) in [5, 5.41) is 8.49. The van der Waals surface area contributed by atoms with Gasteiger partial charge in [-0.1, -0.05) is 47.1 Å². The Labute approximate surface area is 185 Å². The van der Waals surface area contributed by atoms with E-state index in [1.165, 1.54) is 0 Å². The van der Waals surface area contributed by atoms with E-state index in [9.17, 15) is 4.79 Å². The van der Waals surface area contributed by atoms with Crippen molar-refractivity contribution in [3.63, 3.8) is 0 Å². The summed E-state index contributed by atoms with van der Waals surface area (Å²) >= 11 is 0. The number of rotatable bonds is 4. The van der Waals surface area contributed by atoms with Crippen LogP contribution in [0.25, 0.3) is 22.3 Å². The molecule has 160 valence electrons. The molecule has 0 aliphatic carbocycles. The molecule has 1 aliphatic rings. The summed E-state index contributed by atoms with van der Waals surface area (Å²) in [4.78, 5) is 16.9. The van der Waals surface area contributed by atoms with Crippen LogP contribution in [0.3, 0.4) is 0 Å². The lowest BCUT2D eigenvalue weighted by Gasteiger charge is -2.13. The largest absolute Gasteiger partial charge is 0.370 e. The fraction of sp³-hybridized carbons (Fsp3) is 0.200. The summed E-state index contributed by atoms with van der Waals surface area (Å²) in [5.41, 5.74) is 14.1. The zero-order valence-corrected chi connectivity index (χ0v) is 18.2. The number of amides is 1. The van der Waals surface area contributed by atoms with Gasteiger partial charge < -0.3 is 10.3 Å². The molecule has 4 aromatic rings. The first-order valence-electron chi connectivity index (χ1n) is 10.4. The molecule has 0 saturated heterocycles. The molecule has 0 spiro atoms. The number of primary amides is 1. The third kappa shape index (κ3) is 3.41. The first kappa shape index (κ1) is 19.9. The van der Waals surface area contributed by atoms with E-state index >= 15 is 0 Å². The van der Waals surface area contributed by atoms with Gasteiger partial charge in [-0.2, -0.15) is 5.10 Å². The van der Waals surface area contributed by atoms with Gasteiger partial charge in [0.2, 0.25) is 5.91 Å². The normalized spacial score (nSPS) is 15.0. The number of nitrogens with two attached hydrogens (primary N) is 1. The number of aromatic nitrogens is 3. The van der Waals surface area contributed by atoms with Gasteiger partial charge in [0.15, 0.2) is 5.76 Å². The predicted molar refractivity (Wildman–Crippen MR) is 122 cm³/mol. The number of nitrogens with zero attached hydrogens (tertiary/aromatic N) is 4. The number of aliphatic imine (C=N–C) groups is 1. The van der Waals surface area contributed by atoms with Crippen LogP contribution in [-0.4, -0.2) is 26.6 Å². The molecule has 32 heavy (non-hydrogen) atoms. The van der Waals surface area contributed by atoms with Crippen molar-refractivity contribution in [2.24, 2.45) is 17.8 Å². The monoisotopic (exact) mass is 425 g/mol. The smallest absolute Gasteiger partial charge is 0.220 e. The highest BCUT2D eigenvalue weighted by molar-refractivity contribution is 6.17. The topological polar surface area (TPSA) is 99.3 Å². The molecule has 1 aliphatic heterocycles. The van der Waals surface area contributed by atoms with Crippen LogP contribution in [0.1, 0.15) is 40.6 Å². The standard InChI is InChI=1S/C25H23N5O2/c1-14-4-6-16(7-5-14)24-20-10-17(18-12-27-30(3)13-18)8-9-19(20)23-15(2)29-32-25(23)21(28-24)11-22(26)31/h4-10,12-13,21H,11H2,1-3H3,(H2,26,31). The van der Waals surface area contributed by atoms with E-state index in [1.54, 1.807) is 4.68 Å². The third-order valence-electron chi connectivity index (χ3n) is 5.78. The Balaban J connectivity index is 1.79. The van der Waals surface area contributed by atoms with Crippen LogP contribution in [0.15, 0.2) is 64.4 Å². The van der Waals surface area contributed by atoms with E-state index in [4.69, 9.17) is 15.2 Å². The van der Waals surface area contributed by atoms with Gasteiger partial charge in [-0.15, -0.1) is 0 Å². The van der Waals surface area contributed by atoms with Gasteiger partial charge in [-0.25, -0.2) is 0 Å². The molecule has 0 saturated carbocycles. The van der Waals surface area contributed by atoms with Gasteiger partial charge in [-0.3, -0.25) is 14.5 Å². The maximum absolute atomic E-state index is 11.9. The van der Waals surface area contributed by atoms with E-state index < -0.39 is 11.9 Å². The minimum Gasteiger partial charge on any atom is -0.370 e. The first-order valence-corrected chi connectivity index (χ1v) is 10.4. The molecule has 2 aromatic carbocycles. The summed E-state index contributed by atoms with van der Waals surface area (Å²) in [6.07, 6.45) is 3.86. The van der Waals surface area contributed by atoms with Crippen LogP contribution >= 0.6 is 0 Å². The van der Waals surface area contributed by atoms with Crippen molar-refractivity contribution in [3.05, 3.63) is 83.0 Å². The van der Waals surface area contributed by atoms with Gasteiger partial charge >= 0.3 is 0 Å². The van der Waals surface area contributed by atoms with Gasteiger partial charge in [0.25, 0.3) is 0 Å². The van der Waals surface area contributed by atoms with Crippen molar-refractivity contribution in [1.29, 1.82) is 0 Å². The lowest BCUT2D eigenvalue weighted by molar-refractivity contribution is -0.118. The summed E-state index contributed by atoms with van der Waals surface area (Å²) in [7, 11) is 1.90. The number of carbonyl (C=O) groups excluding carboxylic acids is 1. The minimum atomic E-state index is -0.547. The van der Waals surface area contributed by atoms with Crippen LogP contribution in [-0.2, 0) is 11.8 Å². The number of benzene rings is 2. The first-order chi connectivity index (χ1) is 15.4. The molecule has 0 fully saturated rings. The molecule has 0 bridgehead atoms. The van der Waals surface area contributed by atoms with Gasteiger partial charge in [0, 0.05) is 29.9 Å². The van der Waals surface area contributed by atoms with E-state index in [-0.39, 0.29) is 6.42 Å². The van der Waals surface area contributed by atoms with Crippen molar-refractivity contribution in [2.75, 3.05) is 0 Å². The summed E-state index contributed by atoms with van der Waals surface area (Å²) < 4.78 is 7.46. The second kappa shape index (κ2) is 7.60. The molecule has 1 atom stereocenters. The van der Waals surface area contributed by atoms with Crippen LogP contribution in [0.2, 0.25) is 0 Å². The van der Waals surface area contributed by atoms with Crippen molar-refractivity contribution in [2.45, 2.75) is 26.3 Å². The highest BCUT2D eigenvalue weighted by Crippen LogP contribution is 2.42. The van der Waals surface area contributed by atoms with Crippen LogP contribution < -0.4 is 5.73 Å². The maximum atomic E-state index is 11.9. The maximum Gasteiger partial charge on any atom is 0.220 e.